The Kier molecular flexibility index (Phi) is 6.90. The molecule has 3 aromatic rings. The number of aromatic nitrogens is 4. The Balaban J connectivity index is 1.57. The van der Waals surface area contributed by atoms with E-state index in [0.717, 1.165) is 44.1 Å². The number of piperazine rings is 1. The number of nitrogens with one attached hydrogen (secondary N) is 1. The van der Waals surface area contributed by atoms with Gasteiger partial charge in [-0.2, -0.15) is 10.2 Å². The number of carbonyl (C=O) groups excluding carboxylic acids is 1. The molecule has 0 unspecified atom stereocenters. The molecule has 0 saturated carbocycles. The second-order valence-corrected chi connectivity index (χ2v) is 8.75. The summed E-state index contributed by atoms with van der Waals surface area (Å²) in [6.45, 7) is 11.1. The molecule has 176 valence electrons. The standard InChI is InChI=1S/C24H33N7O2/c1-5-20(23(32)25-11-12-29-15-13-28(4)14-16-29)31-24(33)21-18(3)30(19-9-7-6-8-10-19)27-22(21)17(2)26-31/h6-10,20H,5,11-16H2,1-4H3,(H,25,32)/t20-/m0/s1. The number of hydrogen-bond acceptors (Lipinski definition) is 6. The van der Waals surface area contributed by atoms with E-state index in [-0.39, 0.29) is 11.5 Å². The van der Waals surface area contributed by atoms with Crippen LogP contribution in [0.25, 0.3) is 16.6 Å². The number of fused-ring (bicyclic) bond motifs is 1. The Morgan fingerprint density at radius 2 is 1.79 bits per heavy atom. The summed E-state index contributed by atoms with van der Waals surface area (Å²) in [5.74, 6) is -0.173. The zero-order chi connectivity index (χ0) is 23.5. The quantitative estimate of drug-likeness (QED) is 0.586. The van der Waals surface area contributed by atoms with E-state index in [4.69, 9.17) is 0 Å². The first kappa shape index (κ1) is 23.1. The number of rotatable bonds is 7. The van der Waals surface area contributed by atoms with Gasteiger partial charge in [0.1, 0.15) is 11.6 Å². The fraction of sp³-hybridized carbons (Fsp3) is 0.500. The zero-order valence-corrected chi connectivity index (χ0v) is 19.9. The van der Waals surface area contributed by atoms with Crippen molar-refractivity contribution in [1.82, 2.24) is 34.7 Å². The Morgan fingerprint density at radius 3 is 2.45 bits per heavy atom. The van der Waals surface area contributed by atoms with Crippen LogP contribution in [-0.4, -0.2) is 81.6 Å². The molecule has 2 aromatic heterocycles. The third-order valence-corrected chi connectivity index (χ3v) is 6.45. The molecule has 1 N–H and O–H groups in total. The van der Waals surface area contributed by atoms with Crippen molar-refractivity contribution in [3.8, 4) is 5.69 Å². The number of likely N-dealkylation sites (N-methyl/N-ethyl adjacent to an activating group) is 1. The van der Waals surface area contributed by atoms with Crippen LogP contribution in [0, 0.1) is 13.8 Å². The van der Waals surface area contributed by atoms with Crippen molar-refractivity contribution in [2.75, 3.05) is 46.3 Å². The van der Waals surface area contributed by atoms with E-state index in [1.807, 2.05) is 51.1 Å². The lowest BCUT2D eigenvalue weighted by Gasteiger charge is -2.32. The maximum absolute atomic E-state index is 13.5. The molecule has 3 heterocycles. The molecule has 4 rings (SSSR count). The first-order valence-corrected chi connectivity index (χ1v) is 11.6. The Bertz CT molecular complexity index is 1180. The number of hydrogen-bond donors (Lipinski definition) is 1. The van der Waals surface area contributed by atoms with Gasteiger partial charge >= 0.3 is 0 Å². The highest BCUT2D eigenvalue weighted by Gasteiger charge is 2.25. The van der Waals surface area contributed by atoms with E-state index in [9.17, 15) is 9.59 Å². The molecule has 1 fully saturated rings. The van der Waals surface area contributed by atoms with Gasteiger partial charge in [0, 0.05) is 39.3 Å². The summed E-state index contributed by atoms with van der Waals surface area (Å²) in [5, 5.41) is 12.7. The number of benzene rings is 1. The van der Waals surface area contributed by atoms with E-state index in [1.165, 1.54) is 4.68 Å². The summed E-state index contributed by atoms with van der Waals surface area (Å²) in [6, 6.07) is 9.04. The molecule has 1 amide bonds. The third kappa shape index (κ3) is 4.69. The van der Waals surface area contributed by atoms with Crippen LogP contribution >= 0.6 is 0 Å². The fourth-order valence-electron chi connectivity index (χ4n) is 4.41. The van der Waals surface area contributed by atoms with Crippen LogP contribution in [0.3, 0.4) is 0 Å². The summed E-state index contributed by atoms with van der Waals surface area (Å²) >= 11 is 0. The van der Waals surface area contributed by atoms with Crippen molar-refractivity contribution in [3.63, 3.8) is 0 Å². The predicted molar refractivity (Wildman–Crippen MR) is 129 cm³/mol. The van der Waals surface area contributed by atoms with E-state index in [2.05, 4.69) is 32.4 Å². The average molecular weight is 452 g/mol. The van der Waals surface area contributed by atoms with Crippen LogP contribution in [0.15, 0.2) is 35.1 Å². The number of aryl methyl sites for hydroxylation is 2. The number of carbonyl (C=O) groups is 1. The molecule has 0 radical (unpaired) electrons. The largest absolute Gasteiger partial charge is 0.353 e. The van der Waals surface area contributed by atoms with Gasteiger partial charge < -0.3 is 10.2 Å². The van der Waals surface area contributed by atoms with E-state index in [0.29, 0.717) is 29.6 Å². The van der Waals surface area contributed by atoms with Crippen molar-refractivity contribution in [3.05, 3.63) is 52.1 Å². The molecule has 1 aromatic carbocycles. The minimum atomic E-state index is -0.660. The molecule has 9 heteroatoms. The second-order valence-electron chi connectivity index (χ2n) is 8.75. The minimum absolute atomic E-state index is 0.173. The van der Waals surface area contributed by atoms with Crippen LogP contribution in [-0.2, 0) is 4.79 Å². The summed E-state index contributed by atoms with van der Waals surface area (Å²) in [4.78, 5) is 31.1. The molecule has 0 aliphatic carbocycles. The molecule has 9 nitrogen and oxygen atoms in total. The Labute approximate surface area is 194 Å². The van der Waals surface area contributed by atoms with Crippen LogP contribution < -0.4 is 10.9 Å². The van der Waals surface area contributed by atoms with Crippen molar-refractivity contribution >= 4 is 16.8 Å². The van der Waals surface area contributed by atoms with Crippen molar-refractivity contribution < 1.29 is 4.79 Å². The molecule has 1 aliphatic rings. The number of amides is 1. The first-order valence-electron chi connectivity index (χ1n) is 11.6. The van der Waals surface area contributed by atoms with Crippen molar-refractivity contribution in [2.45, 2.75) is 33.2 Å². The lowest BCUT2D eigenvalue weighted by Crippen LogP contribution is -2.47. The van der Waals surface area contributed by atoms with Crippen LogP contribution in [0.2, 0.25) is 0 Å². The van der Waals surface area contributed by atoms with Crippen LogP contribution in [0.5, 0.6) is 0 Å². The summed E-state index contributed by atoms with van der Waals surface area (Å²) in [5.41, 5.74) is 2.54. The van der Waals surface area contributed by atoms with Crippen molar-refractivity contribution in [1.29, 1.82) is 0 Å². The van der Waals surface area contributed by atoms with Gasteiger partial charge in [0.2, 0.25) is 5.91 Å². The fourth-order valence-corrected chi connectivity index (χ4v) is 4.41. The Morgan fingerprint density at radius 1 is 1.09 bits per heavy atom. The van der Waals surface area contributed by atoms with Gasteiger partial charge in [-0.3, -0.25) is 14.5 Å². The number of para-hydroxylation sites is 1. The third-order valence-electron chi connectivity index (χ3n) is 6.45. The smallest absolute Gasteiger partial charge is 0.278 e. The van der Waals surface area contributed by atoms with Crippen molar-refractivity contribution in [2.24, 2.45) is 0 Å². The number of nitrogens with zero attached hydrogens (tertiary/aromatic N) is 6. The monoisotopic (exact) mass is 451 g/mol. The molecule has 1 saturated heterocycles. The lowest BCUT2D eigenvalue weighted by molar-refractivity contribution is -0.124. The van der Waals surface area contributed by atoms with Crippen LogP contribution in [0.4, 0.5) is 0 Å². The maximum atomic E-state index is 13.5. The van der Waals surface area contributed by atoms with Gasteiger partial charge in [-0.15, -0.1) is 0 Å². The summed E-state index contributed by atoms with van der Waals surface area (Å²) in [7, 11) is 2.12. The molecule has 1 aliphatic heterocycles. The van der Waals surface area contributed by atoms with Gasteiger partial charge in [0.15, 0.2) is 0 Å². The highest BCUT2D eigenvalue weighted by molar-refractivity contribution is 5.84. The SMILES string of the molecule is CC[C@@H](C(=O)NCCN1CCN(C)CC1)n1nc(C)c2nn(-c3ccccc3)c(C)c2c1=O. The lowest BCUT2D eigenvalue weighted by atomic mass is 10.2. The topological polar surface area (TPSA) is 88.3 Å². The van der Waals surface area contributed by atoms with Gasteiger partial charge in [0.05, 0.1) is 22.5 Å². The molecule has 1 atom stereocenters. The highest BCUT2D eigenvalue weighted by Crippen LogP contribution is 2.21. The molecule has 0 spiro atoms. The van der Waals surface area contributed by atoms with Crippen LogP contribution in [0.1, 0.15) is 30.8 Å². The van der Waals surface area contributed by atoms with Gasteiger partial charge in [0.25, 0.3) is 5.56 Å². The molecule has 33 heavy (non-hydrogen) atoms. The summed E-state index contributed by atoms with van der Waals surface area (Å²) < 4.78 is 3.11. The van der Waals surface area contributed by atoms with Gasteiger partial charge in [-0.25, -0.2) is 9.36 Å². The predicted octanol–water partition coefficient (Wildman–Crippen LogP) is 1.51. The second kappa shape index (κ2) is 9.84. The molecule has 0 bridgehead atoms. The minimum Gasteiger partial charge on any atom is -0.353 e. The van der Waals surface area contributed by atoms with Gasteiger partial charge in [-0.1, -0.05) is 25.1 Å². The summed E-state index contributed by atoms with van der Waals surface area (Å²) in [6.07, 6.45) is 0.476. The molecular weight excluding hydrogens is 418 g/mol. The van der Waals surface area contributed by atoms with E-state index < -0.39 is 6.04 Å². The zero-order valence-electron chi connectivity index (χ0n) is 19.9. The normalized spacial score (nSPS) is 16.2. The van der Waals surface area contributed by atoms with E-state index >= 15 is 0 Å². The van der Waals surface area contributed by atoms with E-state index in [1.54, 1.807) is 4.68 Å². The molecular formula is C24H33N7O2. The van der Waals surface area contributed by atoms with Gasteiger partial charge in [-0.05, 0) is 39.4 Å². The Hall–Kier alpha value is -3.04. The highest BCUT2D eigenvalue weighted by atomic mass is 16.2. The first-order chi connectivity index (χ1) is 15.9. The average Bonchev–Trinajstić information content (AvgIpc) is 3.17. The maximum Gasteiger partial charge on any atom is 0.278 e.